The lowest BCUT2D eigenvalue weighted by Crippen LogP contribution is -2.37. The predicted octanol–water partition coefficient (Wildman–Crippen LogP) is 2.99. The number of hydrogen-bond donors (Lipinski definition) is 2. The smallest absolute Gasteiger partial charge is 0.241 e. The predicted molar refractivity (Wildman–Crippen MR) is 90.1 cm³/mol. The molecule has 2 aromatic carbocycles. The quantitative estimate of drug-likeness (QED) is 0.764. The summed E-state index contributed by atoms with van der Waals surface area (Å²) in [6.07, 6.45) is 2.19. The molecular weight excluding hydrogens is 288 g/mol. The molecule has 1 atom stereocenters. The van der Waals surface area contributed by atoms with Crippen LogP contribution in [0.4, 0.5) is 0 Å². The molecule has 2 N–H and O–H groups in total. The number of hydrazone groups is 1. The highest BCUT2D eigenvalue weighted by Gasteiger charge is 2.31. The van der Waals surface area contributed by atoms with Crippen molar-refractivity contribution in [2.45, 2.75) is 18.8 Å². The van der Waals surface area contributed by atoms with Gasteiger partial charge in [0, 0.05) is 23.6 Å². The molecule has 0 aliphatic carbocycles. The summed E-state index contributed by atoms with van der Waals surface area (Å²) < 4.78 is 0. The third kappa shape index (κ3) is 2.40. The monoisotopic (exact) mass is 304 g/mol. The number of hydrogen-bond acceptors (Lipinski definition) is 3. The molecule has 0 saturated heterocycles. The molecule has 0 fully saturated rings. The van der Waals surface area contributed by atoms with Crippen LogP contribution in [-0.2, 0) is 10.2 Å². The first-order valence-electron chi connectivity index (χ1n) is 7.53. The fourth-order valence-electron chi connectivity index (χ4n) is 2.94. The van der Waals surface area contributed by atoms with Crippen LogP contribution in [0.3, 0.4) is 0 Å². The molecule has 1 aliphatic rings. The summed E-state index contributed by atoms with van der Waals surface area (Å²) in [6.45, 7) is 2.02. The average Bonchev–Trinajstić information content (AvgIpc) is 2.98. The second-order valence-corrected chi connectivity index (χ2v) is 6.07. The third-order valence-corrected chi connectivity index (χ3v) is 4.26. The molecule has 5 heteroatoms. The number of H-pyrrole nitrogens is 1. The van der Waals surface area contributed by atoms with Crippen LogP contribution in [-0.4, -0.2) is 22.1 Å². The maximum atomic E-state index is 11.7. The van der Waals surface area contributed by atoms with E-state index in [0.717, 1.165) is 28.0 Å². The fourth-order valence-corrected chi connectivity index (χ4v) is 2.94. The van der Waals surface area contributed by atoms with Crippen molar-refractivity contribution in [1.29, 1.82) is 0 Å². The molecule has 3 aromatic rings. The number of amides is 1. The van der Waals surface area contributed by atoms with Gasteiger partial charge >= 0.3 is 0 Å². The Bertz CT molecular complexity index is 913. The Kier molecular flexibility index (Phi) is 3.01. The lowest BCUT2D eigenvalue weighted by atomic mass is 9.79. The highest BCUT2D eigenvalue weighted by Crippen LogP contribution is 2.30. The standard InChI is InChI=1S/C18H16N4O/c1-18(10-16(23)22-19-11-18)13-7-8-14-15(9-13)21-17(20-14)12-5-3-2-4-6-12/h2-9,11H,10H2,1H3,(H,20,21)(H,22,23). The number of aromatic nitrogens is 2. The largest absolute Gasteiger partial charge is 0.338 e. The van der Waals surface area contributed by atoms with E-state index in [1.165, 1.54) is 0 Å². The van der Waals surface area contributed by atoms with Crippen LogP contribution < -0.4 is 5.43 Å². The molecule has 0 saturated carbocycles. The summed E-state index contributed by atoms with van der Waals surface area (Å²) in [7, 11) is 0. The van der Waals surface area contributed by atoms with Gasteiger partial charge in [0.05, 0.1) is 11.0 Å². The minimum absolute atomic E-state index is 0.0651. The van der Waals surface area contributed by atoms with E-state index < -0.39 is 5.41 Å². The molecular formula is C18H16N4O. The van der Waals surface area contributed by atoms with Crippen molar-refractivity contribution >= 4 is 23.2 Å². The van der Waals surface area contributed by atoms with Gasteiger partial charge in [0.2, 0.25) is 5.91 Å². The molecule has 1 aliphatic heterocycles. The summed E-state index contributed by atoms with van der Waals surface area (Å²) in [6, 6.07) is 16.1. The Labute approximate surface area is 133 Å². The van der Waals surface area contributed by atoms with E-state index in [0.29, 0.717) is 6.42 Å². The first-order valence-corrected chi connectivity index (χ1v) is 7.53. The molecule has 0 bridgehead atoms. The SMILES string of the molecule is CC1(c2ccc3nc(-c4ccccc4)[nH]c3c2)C=NNC(=O)C1. The second-order valence-electron chi connectivity index (χ2n) is 6.07. The van der Waals surface area contributed by atoms with Crippen molar-refractivity contribution in [2.75, 3.05) is 0 Å². The number of rotatable bonds is 2. The van der Waals surface area contributed by atoms with E-state index in [2.05, 4.69) is 26.6 Å². The zero-order valence-corrected chi connectivity index (χ0v) is 12.7. The third-order valence-electron chi connectivity index (χ3n) is 4.26. The Morgan fingerprint density at radius 3 is 2.74 bits per heavy atom. The Balaban J connectivity index is 1.78. The van der Waals surface area contributed by atoms with Gasteiger partial charge in [-0.1, -0.05) is 36.4 Å². The van der Waals surface area contributed by atoms with Gasteiger partial charge in [-0.15, -0.1) is 0 Å². The Morgan fingerprint density at radius 2 is 1.96 bits per heavy atom. The van der Waals surface area contributed by atoms with Gasteiger partial charge in [-0.2, -0.15) is 5.10 Å². The first-order chi connectivity index (χ1) is 11.1. The van der Waals surface area contributed by atoms with Crippen LogP contribution in [0.5, 0.6) is 0 Å². The van der Waals surface area contributed by atoms with Crippen LogP contribution in [0, 0.1) is 0 Å². The second kappa shape index (κ2) is 5.05. The topological polar surface area (TPSA) is 70.1 Å². The van der Waals surface area contributed by atoms with Gasteiger partial charge in [0.15, 0.2) is 0 Å². The van der Waals surface area contributed by atoms with Crippen molar-refractivity contribution in [3.63, 3.8) is 0 Å². The van der Waals surface area contributed by atoms with Crippen molar-refractivity contribution in [3.05, 3.63) is 54.1 Å². The van der Waals surface area contributed by atoms with E-state index in [-0.39, 0.29) is 5.91 Å². The number of fused-ring (bicyclic) bond motifs is 1. The molecule has 2 heterocycles. The number of aromatic amines is 1. The van der Waals surface area contributed by atoms with E-state index in [9.17, 15) is 4.79 Å². The van der Waals surface area contributed by atoms with Gasteiger partial charge < -0.3 is 4.98 Å². The summed E-state index contributed by atoms with van der Waals surface area (Å²) in [5.41, 5.74) is 6.06. The van der Waals surface area contributed by atoms with Gasteiger partial charge in [0.1, 0.15) is 5.82 Å². The van der Waals surface area contributed by atoms with E-state index in [1.807, 2.05) is 49.4 Å². The molecule has 114 valence electrons. The summed E-state index contributed by atoms with van der Waals surface area (Å²) in [5, 5.41) is 3.97. The first kappa shape index (κ1) is 13.7. The highest BCUT2D eigenvalue weighted by atomic mass is 16.2. The molecule has 23 heavy (non-hydrogen) atoms. The average molecular weight is 304 g/mol. The van der Waals surface area contributed by atoms with Gasteiger partial charge in [0.25, 0.3) is 0 Å². The van der Waals surface area contributed by atoms with Crippen LogP contribution in [0.1, 0.15) is 18.9 Å². The number of carbonyl (C=O) groups is 1. The number of carbonyl (C=O) groups excluding carboxylic acids is 1. The van der Waals surface area contributed by atoms with Crippen molar-refractivity contribution < 1.29 is 4.79 Å². The maximum absolute atomic E-state index is 11.7. The van der Waals surface area contributed by atoms with Gasteiger partial charge in [-0.25, -0.2) is 10.4 Å². The Hall–Kier alpha value is -2.95. The normalized spacial score (nSPS) is 20.7. The molecule has 0 spiro atoms. The lowest BCUT2D eigenvalue weighted by Gasteiger charge is -2.27. The zero-order valence-electron chi connectivity index (χ0n) is 12.7. The summed E-state index contributed by atoms with van der Waals surface area (Å²) >= 11 is 0. The van der Waals surface area contributed by atoms with E-state index in [1.54, 1.807) is 6.21 Å². The minimum atomic E-state index is -0.394. The minimum Gasteiger partial charge on any atom is -0.338 e. The van der Waals surface area contributed by atoms with Crippen LogP contribution in [0.15, 0.2) is 53.6 Å². The van der Waals surface area contributed by atoms with Crippen molar-refractivity contribution in [1.82, 2.24) is 15.4 Å². The number of nitrogens with one attached hydrogen (secondary N) is 2. The molecule has 4 rings (SSSR count). The number of benzene rings is 2. The van der Waals surface area contributed by atoms with Gasteiger partial charge in [-0.05, 0) is 24.6 Å². The van der Waals surface area contributed by atoms with E-state index >= 15 is 0 Å². The molecule has 1 aromatic heterocycles. The van der Waals surface area contributed by atoms with Gasteiger partial charge in [-0.3, -0.25) is 4.79 Å². The number of imidazole rings is 1. The van der Waals surface area contributed by atoms with Crippen LogP contribution in [0.2, 0.25) is 0 Å². The van der Waals surface area contributed by atoms with Crippen LogP contribution in [0.25, 0.3) is 22.4 Å². The Morgan fingerprint density at radius 1 is 1.13 bits per heavy atom. The summed E-state index contributed by atoms with van der Waals surface area (Å²) in [4.78, 5) is 19.7. The molecule has 1 amide bonds. The molecule has 1 unspecified atom stereocenters. The van der Waals surface area contributed by atoms with E-state index in [4.69, 9.17) is 0 Å². The lowest BCUT2D eigenvalue weighted by molar-refractivity contribution is -0.122. The summed E-state index contributed by atoms with van der Waals surface area (Å²) in [5.74, 6) is 0.780. The van der Waals surface area contributed by atoms with Crippen LogP contribution >= 0.6 is 0 Å². The maximum Gasteiger partial charge on any atom is 0.241 e. The van der Waals surface area contributed by atoms with Crippen molar-refractivity contribution in [3.8, 4) is 11.4 Å². The zero-order chi connectivity index (χ0) is 15.9. The molecule has 0 radical (unpaired) electrons. The van der Waals surface area contributed by atoms with Crippen molar-refractivity contribution in [2.24, 2.45) is 5.10 Å². The fraction of sp³-hybridized carbons (Fsp3) is 0.167. The molecule has 5 nitrogen and oxygen atoms in total. The highest BCUT2D eigenvalue weighted by molar-refractivity contribution is 5.90. The number of nitrogens with zero attached hydrogens (tertiary/aromatic N) is 2.